The molecule has 0 radical (unpaired) electrons. The Kier molecular flexibility index (Phi) is 3.15. The van der Waals surface area contributed by atoms with Gasteiger partial charge in [0, 0.05) is 0 Å². The highest BCUT2D eigenvalue weighted by Gasteiger charge is 2.40. The molecule has 1 heterocycles. The number of benzene rings is 1. The Bertz CT molecular complexity index is 406. The van der Waals surface area contributed by atoms with Crippen molar-refractivity contribution < 1.29 is 22.6 Å². The Labute approximate surface area is 96.3 Å². The molecule has 3 nitrogen and oxygen atoms in total. The summed E-state index contributed by atoms with van der Waals surface area (Å²) in [7, 11) is 0. The molecule has 0 spiro atoms. The summed E-state index contributed by atoms with van der Waals surface area (Å²) in [6.45, 7) is 0.0327. The molecule has 0 saturated heterocycles. The van der Waals surface area contributed by atoms with E-state index < -0.39 is 12.1 Å². The molecule has 2 rings (SSSR count). The van der Waals surface area contributed by atoms with Crippen molar-refractivity contribution in [1.82, 2.24) is 0 Å². The summed E-state index contributed by atoms with van der Waals surface area (Å²) in [5, 5.41) is 0. The summed E-state index contributed by atoms with van der Waals surface area (Å²) in [6.07, 6.45) is -4.43. The van der Waals surface area contributed by atoms with E-state index in [9.17, 15) is 13.2 Å². The highest BCUT2D eigenvalue weighted by molar-refractivity contribution is 5.45. The van der Waals surface area contributed by atoms with Crippen LogP contribution in [0.5, 0.6) is 11.5 Å². The molecule has 0 saturated carbocycles. The normalized spacial score (nSPS) is 16.0. The van der Waals surface area contributed by atoms with Crippen LogP contribution in [0.2, 0.25) is 0 Å². The average Bonchev–Trinajstić information content (AvgIpc) is 2.71. The van der Waals surface area contributed by atoms with Crippen LogP contribution in [0, 0.1) is 0 Å². The van der Waals surface area contributed by atoms with E-state index >= 15 is 0 Å². The molecule has 0 amide bonds. The smallest absolute Gasteiger partial charge is 0.395 e. The fourth-order valence-corrected chi connectivity index (χ4v) is 1.82. The SMILES string of the molecule is NCCC(c1ccc2c(c1)OCO2)C(F)(F)F. The molecule has 0 aliphatic carbocycles. The van der Waals surface area contributed by atoms with Gasteiger partial charge < -0.3 is 15.2 Å². The first-order chi connectivity index (χ1) is 8.02. The largest absolute Gasteiger partial charge is 0.454 e. The predicted molar refractivity (Wildman–Crippen MR) is 55.0 cm³/mol. The van der Waals surface area contributed by atoms with E-state index in [1.54, 1.807) is 0 Å². The molecular weight excluding hydrogens is 235 g/mol. The second-order valence-corrected chi connectivity index (χ2v) is 3.78. The fourth-order valence-electron chi connectivity index (χ4n) is 1.82. The van der Waals surface area contributed by atoms with Crippen LogP contribution in [0.3, 0.4) is 0 Å². The Morgan fingerprint density at radius 2 is 1.94 bits per heavy atom. The minimum atomic E-state index is -4.30. The van der Waals surface area contributed by atoms with Crippen molar-refractivity contribution in [3.63, 3.8) is 0 Å². The van der Waals surface area contributed by atoms with E-state index in [1.807, 2.05) is 0 Å². The number of halogens is 3. The van der Waals surface area contributed by atoms with Gasteiger partial charge in [-0.15, -0.1) is 0 Å². The van der Waals surface area contributed by atoms with Crippen LogP contribution in [0.25, 0.3) is 0 Å². The van der Waals surface area contributed by atoms with Gasteiger partial charge in [0.25, 0.3) is 0 Å². The van der Waals surface area contributed by atoms with E-state index in [2.05, 4.69) is 0 Å². The van der Waals surface area contributed by atoms with Crippen molar-refractivity contribution >= 4 is 0 Å². The predicted octanol–water partition coefficient (Wildman–Crippen LogP) is 2.41. The second kappa shape index (κ2) is 4.44. The third-order valence-corrected chi connectivity index (χ3v) is 2.65. The van der Waals surface area contributed by atoms with Crippen molar-refractivity contribution in [2.75, 3.05) is 13.3 Å². The third-order valence-electron chi connectivity index (χ3n) is 2.65. The van der Waals surface area contributed by atoms with Crippen molar-refractivity contribution in [3.05, 3.63) is 23.8 Å². The van der Waals surface area contributed by atoms with E-state index in [1.165, 1.54) is 18.2 Å². The molecule has 1 aliphatic heterocycles. The van der Waals surface area contributed by atoms with Crippen LogP contribution in [0.4, 0.5) is 13.2 Å². The maximum Gasteiger partial charge on any atom is 0.395 e. The third kappa shape index (κ3) is 2.46. The molecule has 1 aliphatic rings. The summed E-state index contributed by atoms with van der Waals surface area (Å²) in [4.78, 5) is 0. The van der Waals surface area contributed by atoms with Gasteiger partial charge in [0.05, 0.1) is 5.92 Å². The zero-order valence-electron chi connectivity index (χ0n) is 8.96. The molecule has 1 aromatic carbocycles. The maximum absolute atomic E-state index is 12.8. The first-order valence-electron chi connectivity index (χ1n) is 5.18. The van der Waals surface area contributed by atoms with Gasteiger partial charge in [-0.2, -0.15) is 13.2 Å². The maximum atomic E-state index is 12.8. The molecule has 17 heavy (non-hydrogen) atoms. The lowest BCUT2D eigenvalue weighted by Crippen LogP contribution is -2.23. The van der Waals surface area contributed by atoms with Gasteiger partial charge in [0.1, 0.15) is 0 Å². The molecule has 1 atom stereocenters. The molecule has 0 fully saturated rings. The minimum absolute atomic E-state index is 0.0153. The van der Waals surface area contributed by atoms with E-state index in [0.717, 1.165) is 0 Å². The van der Waals surface area contributed by atoms with E-state index in [4.69, 9.17) is 15.2 Å². The second-order valence-electron chi connectivity index (χ2n) is 3.78. The number of alkyl halides is 3. The molecular formula is C11H12F3NO2. The monoisotopic (exact) mass is 247 g/mol. The van der Waals surface area contributed by atoms with Crippen LogP contribution in [0.1, 0.15) is 17.9 Å². The van der Waals surface area contributed by atoms with Gasteiger partial charge in [-0.1, -0.05) is 6.07 Å². The van der Waals surface area contributed by atoms with E-state index in [-0.39, 0.29) is 25.3 Å². The quantitative estimate of drug-likeness (QED) is 0.892. The lowest BCUT2D eigenvalue weighted by atomic mass is 9.95. The highest BCUT2D eigenvalue weighted by atomic mass is 19.4. The lowest BCUT2D eigenvalue weighted by Gasteiger charge is -2.20. The summed E-state index contributed by atoms with van der Waals surface area (Å²) in [5.41, 5.74) is 5.38. The molecule has 0 aromatic heterocycles. The van der Waals surface area contributed by atoms with Gasteiger partial charge in [-0.3, -0.25) is 0 Å². The molecule has 6 heteroatoms. The number of rotatable bonds is 3. The fraction of sp³-hybridized carbons (Fsp3) is 0.455. The first-order valence-corrected chi connectivity index (χ1v) is 5.18. The Balaban J connectivity index is 2.30. The van der Waals surface area contributed by atoms with Gasteiger partial charge in [0.15, 0.2) is 11.5 Å². The van der Waals surface area contributed by atoms with E-state index in [0.29, 0.717) is 11.5 Å². The summed E-state index contributed by atoms with van der Waals surface area (Å²) in [5.74, 6) is -0.724. The zero-order valence-corrected chi connectivity index (χ0v) is 8.96. The number of fused-ring (bicyclic) bond motifs is 1. The summed E-state index contributed by atoms with van der Waals surface area (Å²) < 4.78 is 48.6. The number of hydrogen-bond donors (Lipinski definition) is 1. The number of ether oxygens (including phenoxy) is 2. The minimum Gasteiger partial charge on any atom is -0.454 e. The zero-order chi connectivity index (χ0) is 12.5. The lowest BCUT2D eigenvalue weighted by molar-refractivity contribution is -0.151. The highest BCUT2D eigenvalue weighted by Crippen LogP contribution is 2.41. The summed E-state index contributed by atoms with van der Waals surface area (Å²) in [6, 6.07) is 4.27. The molecule has 0 bridgehead atoms. The number of nitrogens with two attached hydrogens (primary N) is 1. The first kappa shape index (κ1) is 12.0. The van der Waals surface area contributed by atoms with Crippen LogP contribution in [-0.2, 0) is 0 Å². The number of hydrogen-bond acceptors (Lipinski definition) is 3. The molecule has 94 valence electrons. The van der Waals surface area contributed by atoms with Crippen molar-refractivity contribution in [1.29, 1.82) is 0 Å². The standard InChI is InChI=1S/C11H12F3NO2/c12-11(13,14)8(3-4-15)7-1-2-9-10(5-7)17-6-16-9/h1-2,5,8H,3-4,6,15H2. The molecule has 2 N–H and O–H groups in total. The molecule has 1 unspecified atom stereocenters. The average molecular weight is 247 g/mol. The van der Waals surface area contributed by atoms with Crippen LogP contribution in [-0.4, -0.2) is 19.5 Å². The van der Waals surface area contributed by atoms with Gasteiger partial charge in [-0.25, -0.2) is 0 Å². The van der Waals surface area contributed by atoms with Gasteiger partial charge in [-0.05, 0) is 30.7 Å². The van der Waals surface area contributed by atoms with Crippen molar-refractivity contribution in [2.24, 2.45) is 5.73 Å². The Morgan fingerprint density at radius 3 is 2.59 bits per heavy atom. The van der Waals surface area contributed by atoms with Crippen LogP contribution in [0.15, 0.2) is 18.2 Å². The Hall–Kier alpha value is -1.43. The Morgan fingerprint density at radius 1 is 1.24 bits per heavy atom. The summed E-state index contributed by atoms with van der Waals surface area (Å²) >= 11 is 0. The van der Waals surface area contributed by atoms with Gasteiger partial charge in [0.2, 0.25) is 6.79 Å². The van der Waals surface area contributed by atoms with Crippen LogP contribution >= 0.6 is 0 Å². The topological polar surface area (TPSA) is 44.5 Å². The van der Waals surface area contributed by atoms with Crippen molar-refractivity contribution in [3.8, 4) is 11.5 Å². The van der Waals surface area contributed by atoms with Crippen molar-refractivity contribution in [2.45, 2.75) is 18.5 Å². The van der Waals surface area contributed by atoms with Gasteiger partial charge >= 0.3 is 6.18 Å². The molecule has 1 aromatic rings. The van der Waals surface area contributed by atoms with Crippen LogP contribution < -0.4 is 15.2 Å².